The van der Waals surface area contributed by atoms with Gasteiger partial charge in [-0.25, -0.2) is 0 Å². The second-order valence-electron chi connectivity index (χ2n) is 6.77. The standard InChI is InChI=1S/C22H22N2OS/c25-22(23-18-13-14-18)21(17-10-5-2-6-11-17)24-20(19-12-7-15-26-19)16-8-3-1-4-9-16/h1-12,15,18,20-21,24H,13-14H2,(H,23,25)/p+1/t20-,21-/m1/s1. The van der Waals surface area contributed by atoms with Crippen molar-refractivity contribution in [2.75, 3.05) is 0 Å². The van der Waals surface area contributed by atoms with Gasteiger partial charge in [-0.1, -0.05) is 66.7 Å². The van der Waals surface area contributed by atoms with E-state index in [-0.39, 0.29) is 18.0 Å². The molecule has 1 fully saturated rings. The summed E-state index contributed by atoms with van der Waals surface area (Å²) in [6, 6.07) is 25.0. The number of nitrogens with one attached hydrogen (secondary N) is 1. The Bertz CT molecular complexity index is 829. The Kier molecular flexibility index (Phi) is 5.14. The summed E-state index contributed by atoms with van der Waals surface area (Å²) in [5.41, 5.74) is 2.26. The van der Waals surface area contributed by atoms with Crippen molar-refractivity contribution in [3.05, 3.63) is 94.2 Å². The van der Waals surface area contributed by atoms with Gasteiger partial charge in [0.05, 0.1) is 4.88 Å². The summed E-state index contributed by atoms with van der Waals surface area (Å²) in [7, 11) is 0. The molecule has 2 atom stereocenters. The number of rotatable bonds is 7. The van der Waals surface area contributed by atoms with Crippen LogP contribution in [0, 0.1) is 0 Å². The fourth-order valence-corrected chi connectivity index (χ4v) is 4.05. The van der Waals surface area contributed by atoms with Crippen LogP contribution in [0.4, 0.5) is 0 Å². The zero-order chi connectivity index (χ0) is 17.8. The van der Waals surface area contributed by atoms with E-state index < -0.39 is 0 Å². The molecule has 0 radical (unpaired) electrons. The molecule has 26 heavy (non-hydrogen) atoms. The fourth-order valence-electron chi connectivity index (χ4n) is 3.22. The predicted octanol–water partition coefficient (Wildman–Crippen LogP) is 3.42. The summed E-state index contributed by atoms with van der Waals surface area (Å²) in [5, 5.41) is 7.49. The van der Waals surface area contributed by atoms with Gasteiger partial charge in [-0.2, -0.15) is 0 Å². The van der Waals surface area contributed by atoms with Gasteiger partial charge in [0, 0.05) is 17.2 Å². The van der Waals surface area contributed by atoms with Crippen LogP contribution < -0.4 is 10.6 Å². The van der Waals surface area contributed by atoms with Gasteiger partial charge in [0.15, 0.2) is 6.04 Å². The fraction of sp³-hybridized carbons (Fsp3) is 0.227. The van der Waals surface area contributed by atoms with E-state index in [1.807, 2.05) is 36.4 Å². The zero-order valence-electron chi connectivity index (χ0n) is 14.5. The number of benzene rings is 2. The molecule has 132 valence electrons. The Morgan fingerprint density at radius 2 is 1.58 bits per heavy atom. The average Bonchev–Trinajstić information content (AvgIpc) is 3.33. The first kappa shape index (κ1) is 17.0. The van der Waals surface area contributed by atoms with Gasteiger partial charge in [0.1, 0.15) is 6.04 Å². The van der Waals surface area contributed by atoms with Crippen LogP contribution in [0.5, 0.6) is 0 Å². The van der Waals surface area contributed by atoms with E-state index in [1.165, 1.54) is 10.4 Å². The van der Waals surface area contributed by atoms with Crippen molar-refractivity contribution in [2.45, 2.75) is 31.0 Å². The molecule has 4 rings (SSSR count). The van der Waals surface area contributed by atoms with Gasteiger partial charge >= 0.3 is 0 Å². The number of thiophene rings is 1. The van der Waals surface area contributed by atoms with Crippen LogP contribution in [-0.4, -0.2) is 11.9 Å². The number of nitrogens with two attached hydrogens (primary N) is 1. The Morgan fingerprint density at radius 3 is 2.15 bits per heavy atom. The zero-order valence-corrected chi connectivity index (χ0v) is 15.4. The second kappa shape index (κ2) is 7.85. The van der Waals surface area contributed by atoms with Crippen molar-refractivity contribution in [1.82, 2.24) is 5.32 Å². The smallest absolute Gasteiger partial charge is 0.283 e. The Labute approximate surface area is 158 Å². The predicted molar refractivity (Wildman–Crippen MR) is 105 cm³/mol. The van der Waals surface area contributed by atoms with Crippen molar-refractivity contribution in [3.63, 3.8) is 0 Å². The van der Waals surface area contributed by atoms with Crippen molar-refractivity contribution in [2.24, 2.45) is 0 Å². The van der Waals surface area contributed by atoms with Crippen molar-refractivity contribution < 1.29 is 10.1 Å². The molecule has 0 bridgehead atoms. The summed E-state index contributed by atoms with van der Waals surface area (Å²) >= 11 is 1.74. The minimum absolute atomic E-state index is 0.103. The maximum Gasteiger partial charge on any atom is 0.283 e. The lowest BCUT2D eigenvalue weighted by Gasteiger charge is -2.22. The van der Waals surface area contributed by atoms with Crippen LogP contribution >= 0.6 is 11.3 Å². The van der Waals surface area contributed by atoms with E-state index in [0.29, 0.717) is 6.04 Å². The normalized spacial score (nSPS) is 16.0. The molecule has 2 aromatic carbocycles. The first-order valence-electron chi connectivity index (χ1n) is 9.10. The summed E-state index contributed by atoms with van der Waals surface area (Å²) in [4.78, 5) is 14.3. The monoisotopic (exact) mass is 363 g/mol. The molecule has 0 aliphatic heterocycles. The van der Waals surface area contributed by atoms with Gasteiger partial charge < -0.3 is 10.6 Å². The third-order valence-electron chi connectivity index (χ3n) is 4.76. The van der Waals surface area contributed by atoms with Crippen LogP contribution in [0.2, 0.25) is 0 Å². The molecule has 1 amide bonds. The van der Waals surface area contributed by atoms with Crippen molar-refractivity contribution in [3.8, 4) is 0 Å². The molecule has 0 spiro atoms. The van der Waals surface area contributed by atoms with Crippen molar-refractivity contribution >= 4 is 17.2 Å². The van der Waals surface area contributed by atoms with E-state index in [9.17, 15) is 4.79 Å². The van der Waals surface area contributed by atoms with E-state index in [2.05, 4.69) is 52.4 Å². The molecule has 3 aromatic rings. The maximum absolute atomic E-state index is 13.0. The van der Waals surface area contributed by atoms with Crippen LogP contribution in [0.15, 0.2) is 78.2 Å². The summed E-state index contributed by atoms with van der Waals surface area (Å²) < 4.78 is 0. The number of quaternary nitrogens is 1. The molecule has 1 heterocycles. The lowest BCUT2D eigenvalue weighted by atomic mass is 10.0. The molecule has 3 nitrogen and oxygen atoms in total. The van der Waals surface area contributed by atoms with Crippen molar-refractivity contribution in [1.29, 1.82) is 0 Å². The quantitative estimate of drug-likeness (QED) is 0.664. The largest absolute Gasteiger partial charge is 0.348 e. The van der Waals surface area contributed by atoms with Crippen LogP contribution in [0.25, 0.3) is 0 Å². The highest BCUT2D eigenvalue weighted by Crippen LogP contribution is 2.25. The highest BCUT2D eigenvalue weighted by Gasteiger charge is 2.33. The van der Waals surface area contributed by atoms with Crippen LogP contribution in [0.1, 0.15) is 40.9 Å². The molecule has 1 aromatic heterocycles. The number of carbonyl (C=O) groups is 1. The van der Waals surface area contributed by atoms with Gasteiger partial charge in [-0.3, -0.25) is 4.79 Å². The highest BCUT2D eigenvalue weighted by atomic mass is 32.1. The highest BCUT2D eigenvalue weighted by molar-refractivity contribution is 7.10. The Hall–Kier alpha value is -2.43. The maximum atomic E-state index is 13.0. The van der Waals surface area contributed by atoms with Gasteiger partial charge in [0.2, 0.25) is 0 Å². The van der Waals surface area contributed by atoms with E-state index >= 15 is 0 Å². The summed E-state index contributed by atoms with van der Waals surface area (Å²) in [6.45, 7) is 0. The minimum atomic E-state index is -0.260. The number of hydrogen-bond donors (Lipinski definition) is 2. The molecule has 0 unspecified atom stereocenters. The molecular weight excluding hydrogens is 340 g/mol. The van der Waals surface area contributed by atoms with E-state index in [1.54, 1.807) is 11.3 Å². The lowest BCUT2D eigenvalue weighted by molar-refractivity contribution is -0.713. The summed E-state index contributed by atoms with van der Waals surface area (Å²) in [5.74, 6) is 0.108. The molecule has 1 aliphatic carbocycles. The molecular formula is C22H23N2OS+. The molecule has 4 heteroatoms. The van der Waals surface area contributed by atoms with E-state index in [0.717, 1.165) is 18.4 Å². The number of amides is 1. The topological polar surface area (TPSA) is 45.7 Å². The number of carbonyl (C=O) groups excluding carboxylic acids is 1. The first-order valence-corrected chi connectivity index (χ1v) is 9.98. The van der Waals surface area contributed by atoms with Gasteiger partial charge in [0.25, 0.3) is 5.91 Å². The Balaban J connectivity index is 1.66. The number of hydrogen-bond acceptors (Lipinski definition) is 2. The second-order valence-corrected chi connectivity index (χ2v) is 7.75. The van der Waals surface area contributed by atoms with E-state index in [4.69, 9.17) is 0 Å². The average molecular weight is 364 g/mol. The third-order valence-corrected chi connectivity index (χ3v) is 5.71. The molecule has 3 N–H and O–H groups in total. The van der Waals surface area contributed by atoms with Gasteiger partial charge in [-0.05, 0) is 24.3 Å². The van der Waals surface area contributed by atoms with Crippen LogP contribution in [0.3, 0.4) is 0 Å². The summed E-state index contributed by atoms with van der Waals surface area (Å²) in [6.07, 6.45) is 2.20. The Morgan fingerprint density at radius 1 is 0.923 bits per heavy atom. The molecule has 1 saturated carbocycles. The molecule has 1 aliphatic rings. The van der Waals surface area contributed by atoms with Gasteiger partial charge in [-0.15, -0.1) is 11.3 Å². The van der Waals surface area contributed by atoms with Crippen LogP contribution in [-0.2, 0) is 4.79 Å². The molecule has 0 saturated heterocycles. The first-order chi connectivity index (χ1) is 12.8. The SMILES string of the molecule is O=C(NC1CC1)[C@H]([NH2+][C@H](c1ccccc1)c1cccs1)c1ccccc1. The minimum Gasteiger partial charge on any atom is -0.348 e. The lowest BCUT2D eigenvalue weighted by Crippen LogP contribution is -2.88. The third kappa shape index (κ3) is 4.03.